The molecule has 1 N–H and O–H groups in total. The Bertz CT molecular complexity index is 421. The van der Waals surface area contributed by atoms with E-state index in [4.69, 9.17) is 4.74 Å². The summed E-state index contributed by atoms with van der Waals surface area (Å²) in [6, 6.07) is 9.12. The Morgan fingerprint density at radius 2 is 2.00 bits per heavy atom. The highest BCUT2D eigenvalue weighted by atomic mass is 16.5. The smallest absolute Gasteiger partial charge is 0.411 e. The highest BCUT2D eigenvalue weighted by molar-refractivity contribution is 5.84. The molecule has 1 rings (SSSR count). The molecule has 0 aliphatic rings. The fraction of sp³-hybridized carbons (Fsp3) is 0.0714. The standard InChI is InChI=1S/C14H15NO2/c1-3-8-12(4-2)11-17-14(16)15-13-9-6-5-7-10-13/h3-10H,1-2,11H2,(H,15,16)/b12-8+. The van der Waals surface area contributed by atoms with E-state index in [0.29, 0.717) is 5.69 Å². The fourth-order valence-corrected chi connectivity index (χ4v) is 1.15. The van der Waals surface area contributed by atoms with Crippen LogP contribution in [0.4, 0.5) is 10.5 Å². The van der Waals surface area contributed by atoms with E-state index in [1.54, 1.807) is 30.4 Å². The van der Waals surface area contributed by atoms with E-state index in [2.05, 4.69) is 18.5 Å². The van der Waals surface area contributed by atoms with Crippen LogP contribution in [0.15, 0.2) is 67.3 Å². The predicted molar refractivity (Wildman–Crippen MR) is 69.9 cm³/mol. The number of rotatable bonds is 5. The summed E-state index contributed by atoms with van der Waals surface area (Å²) in [5, 5.41) is 2.61. The molecule has 0 heterocycles. The summed E-state index contributed by atoms with van der Waals surface area (Å²) in [5.41, 5.74) is 1.49. The lowest BCUT2D eigenvalue weighted by molar-refractivity contribution is 0.172. The molecule has 1 aromatic rings. The van der Waals surface area contributed by atoms with Crippen LogP contribution in [0, 0.1) is 0 Å². The molecule has 17 heavy (non-hydrogen) atoms. The number of carbonyl (C=O) groups excluding carboxylic acids is 1. The molecule has 0 aromatic heterocycles. The van der Waals surface area contributed by atoms with Crippen LogP contribution in [0.3, 0.4) is 0 Å². The molecule has 1 aromatic carbocycles. The number of amides is 1. The molecule has 1 amide bonds. The predicted octanol–water partition coefficient (Wildman–Crippen LogP) is 3.53. The summed E-state index contributed by atoms with van der Waals surface area (Å²) in [6.07, 6.45) is 4.49. The van der Waals surface area contributed by atoms with Crippen molar-refractivity contribution in [2.75, 3.05) is 11.9 Å². The van der Waals surface area contributed by atoms with Crippen molar-refractivity contribution in [2.45, 2.75) is 0 Å². The van der Waals surface area contributed by atoms with Gasteiger partial charge in [-0.1, -0.05) is 49.6 Å². The Morgan fingerprint density at radius 1 is 1.29 bits per heavy atom. The molecule has 3 nitrogen and oxygen atoms in total. The number of carbonyl (C=O) groups is 1. The largest absolute Gasteiger partial charge is 0.444 e. The lowest BCUT2D eigenvalue weighted by atomic mass is 10.2. The van der Waals surface area contributed by atoms with Crippen molar-refractivity contribution in [3.63, 3.8) is 0 Å². The lowest BCUT2D eigenvalue weighted by Gasteiger charge is -2.06. The summed E-state index contributed by atoms with van der Waals surface area (Å²) in [4.78, 5) is 11.4. The van der Waals surface area contributed by atoms with Crippen LogP contribution in [-0.2, 0) is 4.74 Å². The Hall–Kier alpha value is -2.29. The maximum atomic E-state index is 11.4. The first-order valence-electron chi connectivity index (χ1n) is 5.19. The Morgan fingerprint density at radius 3 is 2.59 bits per heavy atom. The van der Waals surface area contributed by atoms with E-state index in [1.165, 1.54) is 0 Å². The molecule has 0 unspecified atom stereocenters. The molecule has 0 aliphatic heterocycles. The van der Waals surface area contributed by atoms with Gasteiger partial charge in [0, 0.05) is 5.69 Å². The minimum Gasteiger partial charge on any atom is -0.444 e. The molecule has 0 saturated carbocycles. The van der Waals surface area contributed by atoms with Crippen molar-refractivity contribution >= 4 is 11.8 Å². The Balaban J connectivity index is 2.43. The van der Waals surface area contributed by atoms with Gasteiger partial charge in [0.1, 0.15) is 6.61 Å². The van der Waals surface area contributed by atoms with Gasteiger partial charge in [0.15, 0.2) is 0 Å². The monoisotopic (exact) mass is 229 g/mol. The van der Waals surface area contributed by atoms with Crippen LogP contribution < -0.4 is 5.32 Å². The van der Waals surface area contributed by atoms with E-state index in [0.717, 1.165) is 5.57 Å². The lowest BCUT2D eigenvalue weighted by Crippen LogP contribution is -2.14. The van der Waals surface area contributed by atoms with Gasteiger partial charge in [0.25, 0.3) is 0 Å². The number of nitrogens with one attached hydrogen (secondary N) is 1. The molecule has 0 spiro atoms. The van der Waals surface area contributed by atoms with Gasteiger partial charge in [0.05, 0.1) is 0 Å². The van der Waals surface area contributed by atoms with Gasteiger partial charge < -0.3 is 4.74 Å². The molecule has 88 valence electrons. The molecular formula is C14H15NO2. The van der Waals surface area contributed by atoms with Gasteiger partial charge in [-0.3, -0.25) is 5.32 Å². The number of ether oxygens (including phenoxy) is 1. The molecule has 0 bridgehead atoms. The van der Waals surface area contributed by atoms with E-state index >= 15 is 0 Å². The SMILES string of the molecule is C=C/C=C(\C=C)COC(=O)Nc1ccccc1. The summed E-state index contributed by atoms with van der Waals surface area (Å²) >= 11 is 0. The molecule has 0 fully saturated rings. The third-order valence-corrected chi connectivity index (χ3v) is 1.98. The fourth-order valence-electron chi connectivity index (χ4n) is 1.15. The third-order valence-electron chi connectivity index (χ3n) is 1.98. The highest BCUT2D eigenvalue weighted by Gasteiger charge is 2.02. The van der Waals surface area contributed by atoms with Crippen LogP contribution in [0.25, 0.3) is 0 Å². The summed E-state index contributed by atoms with van der Waals surface area (Å²) in [5.74, 6) is 0. The first-order chi connectivity index (χ1) is 8.26. The van der Waals surface area contributed by atoms with Crippen LogP contribution >= 0.6 is 0 Å². The Labute approximate surface area is 101 Å². The minimum absolute atomic E-state index is 0.175. The minimum atomic E-state index is -0.493. The molecule has 3 heteroatoms. The average molecular weight is 229 g/mol. The van der Waals surface area contributed by atoms with Crippen LogP contribution in [0.1, 0.15) is 0 Å². The molecule has 0 atom stereocenters. The second-order valence-electron chi connectivity index (χ2n) is 3.25. The van der Waals surface area contributed by atoms with Crippen LogP contribution in [-0.4, -0.2) is 12.7 Å². The highest BCUT2D eigenvalue weighted by Crippen LogP contribution is 2.06. The van der Waals surface area contributed by atoms with Crippen molar-refractivity contribution in [2.24, 2.45) is 0 Å². The average Bonchev–Trinajstić information content (AvgIpc) is 2.35. The third kappa shape index (κ3) is 4.84. The van der Waals surface area contributed by atoms with Crippen molar-refractivity contribution in [1.82, 2.24) is 0 Å². The van der Waals surface area contributed by atoms with Gasteiger partial charge in [-0.15, -0.1) is 0 Å². The van der Waals surface area contributed by atoms with Gasteiger partial charge in [-0.25, -0.2) is 4.79 Å². The van der Waals surface area contributed by atoms with Crippen LogP contribution in [0.2, 0.25) is 0 Å². The first-order valence-corrected chi connectivity index (χ1v) is 5.19. The van der Waals surface area contributed by atoms with E-state index < -0.39 is 6.09 Å². The maximum Gasteiger partial charge on any atom is 0.411 e. The zero-order valence-electron chi connectivity index (χ0n) is 9.56. The number of allylic oxidation sites excluding steroid dienone is 2. The van der Waals surface area contributed by atoms with Crippen molar-refractivity contribution in [3.8, 4) is 0 Å². The topological polar surface area (TPSA) is 38.3 Å². The number of benzene rings is 1. The van der Waals surface area contributed by atoms with Crippen LogP contribution in [0.5, 0.6) is 0 Å². The van der Waals surface area contributed by atoms with Gasteiger partial charge in [-0.05, 0) is 17.7 Å². The van der Waals surface area contributed by atoms with Crippen molar-refractivity contribution in [1.29, 1.82) is 0 Å². The summed E-state index contributed by atoms with van der Waals surface area (Å²) < 4.78 is 5.01. The van der Waals surface area contributed by atoms with Crippen molar-refractivity contribution < 1.29 is 9.53 Å². The van der Waals surface area contributed by atoms with E-state index in [1.807, 2.05) is 18.2 Å². The van der Waals surface area contributed by atoms with Gasteiger partial charge in [0.2, 0.25) is 0 Å². The van der Waals surface area contributed by atoms with Crippen molar-refractivity contribution in [3.05, 3.63) is 67.3 Å². The van der Waals surface area contributed by atoms with E-state index in [9.17, 15) is 4.79 Å². The number of para-hydroxylation sites is 1. The van der Waals surface area contributed by atoms with Gasteiger partial charge >= 0.3 is 6.09 Å². The zero-order chi connectivity index (χ0) is 12.5. The first kappa shape index (κ1) is 12.8. The second-order valence-corrected chi connectivity index (χ2v) is 3.25. The quantitative estimate of drug-likeness (QED) is 0.784. The molecule has 0 radical (unpaired) electrons. The maximum absolute atomic E-state index is 11.4. The summed E-state index contributed by atoms with van der Waals surface area (Å²) in [6.45, 7) is 7.35. The van der Waals surface area contributed by atoms with E-state index in [-0.39, 0.29) is 6.61 Å². The molecule has 0 saturated heterocycles. The number of hydrogen-bond acceptors (Lipinski definition) is 2. The molecular weight excluding hydrogens is 214 g/mol. The molecule has 0 aliphatic carbocycles. The number of hydrogen-bond donors (Lipinski definition) is 1. The second kappa shape index (κ2) is 7.06. The Kier molecular flexibility index (Phi) is 5.31. The van der Waals surface area contributed by atoms with Gasteiger partial charge in [-0.2, -0.15) is 0 Å². The summed E-state index contributed by atoms with van der Waals surface area (Å²) in [7, 11) is 0. The number of anilines is 1. The zero-order valence-corrected chi connectivity index (χ0v) is 9.56. The normalized spacial score (nSPS) is 10.5.